The van der Waals surface area contributed by atoms with E-state index in [0.717, 1.165) is 0 Å². The number of nitrogens with zero attached hydrogens (tertiary/aromatic N) is 2. The van der Waals surface area contributed by atoms with E-state index >= 15 is 0 Å². The summed E-state index contributed by atoms with van der Waals surface area (Å²) in [5.74, 6) is 0.232. The van der Waals surface area contributed by atoms with Crippen molar-refractivity contribution in [1.82, 2.24) is 5.01 Å². The largest absolute Gasteiger partial charge is 0.497 e. The molecule has 0 aromatic heterocycles. The molecular weight excluding hydrogens is 332 g/mol. The van der Waals surface area contributed by atoms with Gasteiger partial charge in [0, 0.05) is 18.7 Å². The van der Waals surface area contributed by atoms with Crippen molar-refractivity contribution in [1.29, 1.82) is 0 Å². The molecule has 0 spiro atoms. The lowest BCUT2D eigenvalue weighted by Crippen LogP contribution is -2.49. The first-order valence-electron chi connectivity index (χ1n) is 8.23. The average Bonchev–Trinajstić information content (AvgIpc) is 2.60. The fourth-order valence-corrected chi connectivity index (χ4v) is 2.31. The maximum atomic E-state index is 12.8. The number of benzene rings is 2. The van der Waals surface area contributed by atoms with Crippen LogP contribution in [0.1, 0.15) is 31.1 Å². The molecule has 0 N–H and O–H groups in total. The molecule has 6 nitrogen and oxygen atoms in total. The van der Waals surface area contributed by atoms with Gasteiger partial charge in [-0.15, -0.1) is 0 Å². The van der Waals surface area contributed by atoms with E-state index < -0.39 is 11.7 Å². The molecular formula is C20H24N2O4. The van der Waals surface area contributed by atoms with Crippen molar-refractivity contribution >= 4 is 17.7 Å². The van der Waals surface area contributed by atoms with Gasteiger partial charge in [-0.05, 0) is 45.0 Å². The molecule has 26 heavy (non-hydrogen) atoms. The van der Waals surface area contributed by atoms with E-state index in [9.17, 15) is 9.59 Å². The zero-order valence-corrected chi connectivity index (χ0v) is 15.7. The molecule has 0 aliphatic carbocycles. The molecule has 6 heteroatoms. The van der Waals surface area contributed by atoms with Crippen molar-refractivity contribution in [3.05, 3.63) is 60.2 Å². The molecule has 0 aliphatic heterocycles. The van der Waals surface area contributed by atoms with Crippen LogP contribution >= 0.6 is 0 Å². The first kappa shape index (κ1) is 19.3. The Hall–Kier alpha value is -3.02. The summed E-state index contributed by atoms with van der Waals surface area (Å²) in [6.07, 6.45) is -0.655. The average molecular weight is 356 g/mol. The number of rotatable bonds is 3. The second kappa shape index (κ2) is 7.91. The second-order valence-corrected chi connectivity index (χ2v) is 6.69. The fourth-order valence-electron chi connectivity index (χ4n) is 2.31. The van der Waals surface area contributed by atoms with Crippen molar-refractivity contribution in [3.8, 4) is 5.75 Å². The Morgan fingerprint density at radius 3 is 2.19 bits per heavy atom. The minimum atomic E-state index is -0.704. The maximum absolute atomic E-state index is 12.8. The molecule has 0 unspecified atom stereocenters. The van der Waals surface area contributed by atoms with Gasteiger partial charge in [0.25, 0.3) is 5.91 Å². The highest BCUT2D eigenvalue weighted by atomic mass is 16.6. The third-order valence-electron chi connectivity index (χ3n) is 3.48. The minimum Gasteiger partial charge on any atom is -0.497 e. The number of carbonyl (C=O) groups excluding carboxylic acids is 2. The molecule has 2 aromatic carbocycles. The molecule has 0 saturated heterocycles. The molecule has 0 bridgehead atoms. The number of anilines is 1. The van der Waals surface area contributed by atoms with E-state index in [1.807, 2.05) is 6.07 Å². The lowest BCUT2D eigenvalue weighted by atomic mass is 10.2. The van der Waals surface area contributed by atoms with E-state index in [4.69, 9.17) is 9.47 Å². The summed E-state index contributed by atoms with van der Waals surface area (Å²) < 4.78 is 10.7. The summed E-state index contributed by atoms with van der Waals surface area (Å²) in [7, 11) is 3.06. The summed E-state index contributed by atoms with van der Waals surface area (Å²) in [5.41, 5.74) is 0.224. The van der Waals surface area contributed by atoms with Crippen LogP contribution in [0.25, 0.3) is 0 Å². The number of amides is 2. The van der Waals surface area contributed by atoms with Gasteiger partial charge < -0.3 is 9.47 Å². The van der Waals surface area contributed by atoms with Gasteiger partial charge in [-0.25, -0.2) is 9.80 Å². The van der Waals surface area contributed by atoms with Crippen LogP contribution in [-0.2, 0) is 4.74 Å². The van der Waals surface area contributed by atoms with Crippen LogP contribution < -0.4 is 9.75 Å². The first-order chi connectivity index (χ1) is 12.2. The van der Waals surface area contributed by atoms with E-state index in [0.29, 0.717) is 17.0 Å². The number of ether oxygens (including phenoxy) is 2. The van der Waals surface area contributed by atoms with Gasteiger partial charge in [0.1, 0.15) is 11.4 Å². The molecule has 0 atom stereocenters. The van der Waals surface area contributed by atoms with Crippen LogP contribution in [0.15, 0.2) is 54.6 Å². The predicted molar refractivity (Wildman–Crippen MR) is 100 cm³/mol. The van der Waals surface area contributed by atoms with Gasteiger partial charge >= 0.3 is 6.09 Å². The van der Waals surface area contributed by atoms with Crippen LogP contribution in [0.2, 0.25) is 0 Å². The van der Waals surface area contributed by atoms with Gasteiger partial charge in [0.15, 0.2) is 0 Å². The molecule has 0 saturated carbocycles. The summed E-state index contributed by atoms with van der Waals surface area (Å²) >= 11 is 0. The van der Waals surface area contributed by atoms with Crippen LogP contribution in [0, 0.1) is 0 Å². The first-order valence-corrected chi connectivity index (χ1v) is 8.23. The molecule has 0 heterocycles. The molecule has 2 aromatic rings. The lowest BCUT2D eigenvalue weighted by Gasteiger charge is -2.33. The maximum Gasteiger partial charge on any atom is 0.434 e. The quantitative estimate of drug-likeness (QED) is 0.776. The van der Waals surface area contributed by atoms with Crippen molar-refractivity contribution in [3.63, 3.8) is 0 Å². The Balaban J connectivity index is 2.42. The normalized spacial score (nSPS) is 10.8. The highest BCUT2D eigenvalue weighted by molar-refractivity contribution is 5.99. The number of carbonyl (C=O) groups is 2. The standard InChI is InChI=1S/C20H24N2O4/c1-20(2,3)26-19(24)22(16-12-9-13-17(14-16)25-5)21(4)18(23)15-10-7-6-8-11-15/h6-14H,1-5H3. The molecule has 0 radical (unpaired) electrons. The summed E-state index contributed by atoms with van der Waals surface area (Å²) in [6, 6.07) is 15.6. The highest BCUT2D eigenvalue weighted by Crippen LogP contribution is 2.25. The third-order valence-corrected chi connectivity index (χ3v) is 3.48. The number of methoxy groups -OCH3 is 1. The SMILES string of the molecule is COc1cccc(N(C(=O)OC(C)(C)C)N(C)C(=O)c2ccccc2)c1. The fraction of sp³-hybridized carbons (Fsp3) is 0.300. The van der Waals surface area contributed by atoms with Crippen molar-refractivity contribution in [2.45, 2.75) is 26.4 Å². The monoisotopic (exact) mass is 356 g/mol. The van der Waals surface area contributed by atoms with Crippen molar-refractivity contribution in [2.24, 2.45) is 0 Å². The Morgan fingerprint density at radius 2 is 1.62 bits per heavy atom. The number of hydrazine groups is 1. The van der Waals surface area contributed by atoms with Crippen LogP contribution in [0.4, 0.5) is 10.5 Å². The van der Waals surface area contributed by atoms with Gasteiger partial charge in [0.05, 0.1) is 12.8 Å². The van der Waals surface area contributed by atoms with Crippen molar-refractivity contribution in [2.75, 3.05) is 19.2 Å². The van der Waals surface area contributed by atoms with Crippen LogP contribution in [0.5, 0.6) is 5.75 Å². The Labute approximate surface area is 153 Å². The van der Waals surface area contributed by atoms with Crippen LogP contribution in [0.3, 0.4) is 0 Å². The summed E-state index contributed by atoms with van der Waals surface area (Å²) in [6.45, 7) is 5.31. The topological polar surface area (TPSA) is 59.1 Å². The zero-order chi connectivity index (χ0) is 19.3. The lowest BCUT2D eigenvalue weighted by molar-refractivity contribution is 0.0445. The Kier molecular flexibility index (Phi) is 5.87. The van der Waals surface area contributed by atoms with E-state index in [-0.39, 0.29) is 5.91 Å². The molecule has 0 fully saturated rings. The molecule has 138 valence electrons. The summed E-state index contributed by atoms with van der Waals surface area (Å²) in [4.78, 5) is 25.6. The molecule has 2 rings (SSSR count). The third kappa shape index (κ3) is 4.75. The Morgan fingerprint density at radius 1 is 0.962 bits per heavy atom. The predicted octanol–water partition coefficient (Wildman–Crippen LogP) is 4.12. The zero-order valence-electron chi connectivity index (χ0n) is 15.7. The highest BCUT2D eigenvalue weighted by Gasteiger charge is 2.30. The number of hydrogen-bond donors (Lipinski definition) is 0. The van der Waals surface area contributed by atoms with E-state index in [1.165, 1.54) is 24.2 Å². The van der Waals surface area contributed by atoms with E-state index in [1.54, 1.807) is 69.3 Å². The van der Waals surface area contributed by atoms with Gasteiger partial charge in [-0.1, -0.05) is 24.3 Å². The molecule has 0 aliphatic rings. The van der Waals surface area contributed by atoms with Gasteiger partial charge in [-0.2, -0.15) is 5.01 Å². The van der Waals surface area contributed by atoms with Crippen molar-refractivity contribution < 1.29 is 19.1 Å². The second-order valence-electron chi connectivity index (χ2n) is 6.69. The van der Waals surface area contributed by atoms with Gasteiger partial charge in [0.2, 0.25) is 0 Å². The smallest absolute Gasteiger partial charge is 0.434 e. The van der Waals surface area contributed by atoms with E-state index in [2.05, 4.69) is 0 Å². The molecule has 2 amide bonds. The Bertz CT molecular complexity index is 769. The van der Waals surface area contributed by atoms with Crippen LogP contribution in [-0.4, -0.2) is 36.8 Å². The number of hydrogen-bond acceptors (Lipinski definition) is 4. The minimum absolute atomic E-state index is 0.334. The van der Waals surface area contributed by atoms with Gasteiger partial charge in [-0.3, -0.25) is 4.79 Å². The summed E-state index contributed by atoms with van der Waals surface area (Å²) in [5, 5.41) is 2.43.